The molecule has 0 aromatic heterocycles. The molecule has 1 aliphatic heterocycles. The van der Waals surface area contributed by atoms with Crippen molar-refractivity contribution in [1.29, 1.82) is 0 Å². The number of methoxy groups -OCH3 is 1. The third kappa shape index (κ3) is 3.23. The number of benzene rings is 1. The average molecular weight is 294 g/mol. The monoisotopic (exact) mass is 294 g/mol. The van der Waals surface area contributed by atoms with Crippen molar-refractivity contribution in [2.24, 2.45) is 0 Å². The lowest BCUT2D eigenvalue weighted by atomic mass is 10.0. The maximum atomic E-state index is 10.1. The molecule has 0 radical (unpaired) electrons. The minimum absolute atomic E-state index is 0.280. The van der Waals surface area contributed by atoms with E-state index in [1.165, 1.54) is 12.2 Å². The molecule has 0 bridgehead atoms. The van der Waals surface area contributed by atoms with Gasteiger partial charge in [0, 0.05) is 17.7 Å². The van der Waals surface area contributed by atoms with Gasteiger partial charge in [-0.1, -0.05) is 12.1 Å². The van der Waals surface area contributed by atoms with Crippen molar-refractivity contribution < 1.29 is 14.6 Å². The molecule has 1 unspecified atom stereocenters. The van der Waals surface area contributed by atoms with Gasteiger partial charge in [-0.05, 0) is 37.5 Å². The molecule has 1 aromatic carbocycles. The Morgan fingerprint density at radius 3 is 2.90 bits per heavy atom. The summed E-state index contributed by atoms with van der Waals surface area (Å²) in [6.45, 7) is 0. The van der Waals surface area contributed by atoms with Crippen LogP contribution in [0.2, 0.25) is 0 Å². The van der Waals surface area contributed by atoms with Gasteiger partial charge in [0.1, 0.15) is 6.10 Å². The van der Waals surface area contributed by atoms with E-state index in [-0.39, 0.29) is 6.10 Å². The van der Waals surface area contributed by atoms with Crippen molar-refractivity contribution in [3.05, 3.63) is 23.8 Å². The van der Waals surface area contributed by atoms with E-state index in [2.05, 4.69) is 0 Å². The molecule has 4 heteroatoms. The van der Waals surface area contributed by atoms with Gasteiger partial charge in [0.05, 0.1) is 12.7 Å². The highest BCUT2D eigenvalue weighted by Gasteiger charge is 2.41. The first-order chi connectivity index (χ1) is 9.70. The maximum absolute atomic E-state index is 10.1. The molecule has 1 aliphatic carbocycles. The van der Waals surface area contributed by atoms with Crippen LogP contribution in [0.15, 0.2) is 18.2 Å². The largest absolute Gasteiger partial charge is 0.493 e. The van der Waals surface area contributed by atoms with Gasteiger partial charge in [0.15, 0.2) is 11.5 Å². The van der Waals surface area contributed by atoms with Crippen LogP contribution in [0.1, 0.15) is 31.2 Å². The molecule has 0 spiro atoms. The topological polar surface area (TPSA) is 38.7 Å². The highest BCUT2D eigenvalue weighted by atomic mass is 32.2. The SMILES string of the molecule is COc1c(CC2(O)CC2)cccc1OC1CCCSC1. The Kier molecular flexibility index (Phi) is 4.13. The Labute approximate surface area is 124 Å². The van der Waals surface area contributed by atoms with Gasteiger partial charge in [-0.15, -0.1) is 0 Å². The summed E-state index contributed by atoms with van der Waals surface area (Å²) in [6, 6.07) is 5.99. The highest BCUT2D eigenvalue weighted by Crippen LogP contribution is 2.42. The number of para-hydroxylation sites is 1. The van der Waals surface area contributed by atoms with E-state index in [4.69, 9.17) is 9.47 Å². The fourth-order valence-corrected chi connectivity index (χ4v) is 3.72. The fourth-order valence-electron chi connectivity index (χ4n) is 2.68. The summed E-state index contributed by atoms with van der Waals surface area (Å²) < 4.78 is 11.7. The average Bonchev–Trinajstić information content (AvgIpc) is 3.18. The smallest absolute Gasteiger partial charge is 0.164 e. The predicted molar refractivity (Wildman–Crippen MR) is 81.9 cm³/mol. The summed E-state index contributed by atoms with van der Waals surface area (Å²) in [6.07, 6.45) is 5.05. The van der Waals surface area contributed by atoms with Crippen molar-refractivity contribution in [3.63, 3.8) is 0 Å². The molecule has 3 rings (SSSR count). The molecule has 2 fully saturated rings. The van der Waals surface area contributed by atoms with Crippen LogP contribution in [0.5, 0.6) is 11.5 Å². The third-order valence-corrected chi connectivity index (χ3v) is 5.21. The molecular formula is C16H22O3S. The van der Waals surface area contributed by atoms with Gasteiger partial charge in [-0.2, -0.15) is 11.8 Å². The van der Waals surface area contributed by atoms with Gasteiger partial charge in [0.25, 0.3) is 0 Å². The van der Waals surface area contributed by atoms with Gasteiger partial charge in [-0.3, -0.25) is 0 Å². The van der Waals surface area contributed by atoms with Gasteiger partial charge >= 0.3 is 0 Å². The quantitative estimate of drug-likeness (QED) is 0.906. The molecule has 1 saturated carbocycles. The molecule has 1 aromatic rings. The molecule has 2 aliphatic rings. The van der Waals surface area contributed by atoms with Crippen LogP contribution >= 0.6 is 11.8 Å². The molecule has 3 nitrogen and oxygen atoms in total. The van der Waals surface area contributed by atoms with E-state index >= 15 is 0 Å². The third-order valence-electron chi connectivity index (χ3n) is 4.02. The summed E-state index contributed by atoms with van der Waals surface area (Å²) >= 11 is 1.95. The molecule has 1 saturated heterocycles. The van der Waals surface area contributed by atoms with Crippen molar-refractivity contribution in [2.45, 2.75) is 43.8 Å². The van der Waals surface area contributed by atoms with Crippen LogP contribution < -0.4 is 9.47 Å². The van der Waals surface area contributed by atoms with E-state index < -0.39 is 5.60 Å². The second-order valence-electron chi connectivity index (χ2n) is 5.81. The normalized spacial score (nSPS) is 24.2. The molecule has 20 heavy (non-hydrogen) atoms. The van der Waals surface area contributed by atoms with Crippen LogP contribution in [0.3, 0.4) is 0 Å². The first kappa shape index (κ1) is 14.1. The summed E-state index contributed by atoms with van der Waals surface area (Å²) in [5, 5.41) is 10.1. The number of rotatable bonds is 5. The number of ether oxygens (including phenoxy) is 2. The molecular weight excluding hydrogens is 272 g/mol. The minimum Gasteiger partial charge on any atom is -0.493 e. The Morgan fingerprint density at radius 2 is 2.25 bits per heavy atom. The van der Waals surface area contributed by atoms with E-state index in [9.17, 15) is 5.11 Å². The molecule has 1 N–H and O–H groups in total. The van der Waals surface area contributed by atoms with Gasteiger partial charge in [0.2, 0.25) is 0 Å². The summed E-state index contributed by atoms with van der Waals surface area (Å²) in [5.41, 5.74) is 0.542. The van der Waals surface area contributed by atoms with E-state index in [0.29, 0.717) is 6.42 Å². The Hall–Kier alpha value is -0.870. The number of hydrogen-bond donors (Lipinski definition) is 1. The van der Waals surface area contributed by atoms with E-state index in [0.717, 1.165) is 42.1 Å². The number of thioether (sulfide) groups is 1. The zero-order chi connectivity index (χ0) is 14.0. The number of aliphatic hydroxyl groups is 1. The Morgan fingerprint density at radius 1 is 1.40 bits per heavy atom. The second kappa shape index (κ2) is 5.86. The molecule has 1 heterocycles. The van der Waals surface area contributed by atoms with Crippen molar-refractivity contribution >= 4 is 11.8 Å². The summed E-state index contributed by atoms with van der Waals surface area (Å²) in [5.74, 6) is 3.91. The van der Waals surface area contributed by atoms with Gasteiger partial charge < -0.3 is 14.6 Å². The zero-order valence-electron chi connectivity index (χ0n) is 11.9. The first-order valence-electron chi connectivity index (χ1n) is 7.33. The lowest BCUT2D eigenvalue weighted by Crippen LogP contribution is -2.23. The van der Waals surface area contributed by atoms with Crippen LogP contribution in [-0.2, 0) is 6.42 Å². The highest BCUT2D eigenvalue weighted by molar-refractivity contribution is 7.99. The lowest BCUT2D eigenvalue weighted by molar-refractivity contribution is 0.149. The zero-order valence-corrected chi connectivity index (χ0v) is 12.7. The Balaban J connectivity index is 1.76. The fraction of sp³-hybridized carbons (Fsp3) is 0.625. The minimum atomic E-state index is -0.507. The molecule has 110 valence electrons. The van der Waals surface area contributed by atoms with Crippen LogP contribution in [0, 0.1) is 0 Å². The van der Waals surface area contributed by atoms with Crippen LogP contribution in [0.4, 0.5) is 0 Å². The lowest BCUT2D eigenvalue weighted by Gasteiger charge is -2.24. The van der Waals surface area contributed by atoms with E-state index in [1.807, 2.05) is 30.0 Å². The maximum Gasteiger partial charge on any atom is 0.164 e. The van der Waals surface area contributed by atoms with E-state index in [1.54, 1.807) is 7.11 Å². The predicted octanol–water partition coefficient (Wildman–Crippen LogP) is 3.04. The molecule has 0 amide bonds. The standard InChI is InChI=1S/C16H22O3S/c1-18-15-12(10-16(17)7-8-16)4-2-6-14(15)19-13-5-3-9-20-11-13/h2,4,6,13,17H,3,5,7-11H2,1H3. The Bertz CT molecular complexity index is 465. The number of hydrogen-bond acceptors (Lipinski definition) is 4. The van der Waals surface area contributed by atoms with Crippen molar-refractivity contribution in [1.82, 2.24) is 0 Å². The van der Waals surface area contributed by atoms with Crippen molar-refractivity contribution in [3.8, 4) is 11.5 Å². The first-order valence-corrected chi connectivity index (χ1v) is 8.48. The van der Waals surface area contributed by atoms with Crippen LogP contribution in [-0.4, -0.2) is 35.4 Å². The van der Waals surface area contributed by atoms with Crippen molar-refractivity contribution in [2.75, 3.05) is 18.6 Å². The second-order valence-corrected chi connectivity index (χ2v) is 6.96. The van der Waals surface area contributed by atoms with Gasteiger partial charge in [-0.25, -0.2) is 0 Å². The molecule has 1 atom stereocenters. The van der Waals surface area contributed by atoms with Crippen LogP contribution in [0.25, 0.3) is 0 Å². The summed E-state index contributed by atoms with van der Waals surface area (Å²) in [7, 11) is 1.68. The summed E-state index contributed by atoms with van der Waals surface area (Å²) in [4.78, 5) is 0.